The minimum absolute atomic E-state index is 0.180. The average Bonchev–Trinajstić information content (AvgIpc) is 2.33. The SMILES string of the molecule is CC1=Cc2c(O)c[nH]c2N=I1. The van der Waals surface area contributed by atoms with Gasteiger partial charge in [-0.25, -0.2) is 3.15 Å². The normalized spacial score (nSPS) is 15.2. The van der Waals surface area contributed by atoms with Crippen LogP contribution in [-0.2, 0) is 0 Å². The molecule has 2 rings (SSSR count). The van der Waals surface area contributed by atoms with E-state index in [2.05, 4.69) is 8.13 Å². The summed E-state index contributed by atoms with van der Waals surface area (Å²) in [6.45, 7) is 2.05. The zero-order chi connectivity index (χ0) is 7.84. The number of allylic oxidation sites excluding steroid dienone is 1. The van der Waals surface area contributed by atoms with Crippen LogP contribution < -0.4 is 0 Å². The molecule has 1 aliphatic heterocycles. The first-order chi connectivity index (χ1) is 5.27. The van der Waals surface area contributed by atoms with Gasteiger partial charge in [-0.05, 0) is 13.0 Å². The third-order valence-electron chi connectivity index (χ3n) is 1.48. The zero-order valence-corrected chi connectivity index (χ0v) is 8.08. The van der Waals surface area contributed by atoms with Crippen molar-refractivity contribution in [3.63, 3.8) is 0 Å². The maximum Gasteiger partial charge on any atom is 0.147 e. The highest BCUT2D eigenvalue weighted by atomic mass is 127. The van der Waals surface area contributed by atoms with Crippen molar-refractivity contribution < 1.29 is 5.11 Å². The first-order valence-corrected chi connectivity index (χ1v) is 5.25. The van der Waals surface area contributed by atoms with Crippen molar-refractivity contribution in [1.82, 2.24) is 4.98 Å². The fourth-order valence-electron chi connectivity index (χ4n) is 0.958. The van der Waals surface area contributed by atoms with E-state index in [0.717, 1.165) is 11.4 Å². The Bertz CT molecular complexity index is 351. The van der Waals surface area contributed by atoms with E-state index in [1.807, 2.05) is 13.0 Å². The van der Waals surface area contributed by atoms with Crippen LogP contribution in [0.1, 0.15) is 12.5 Å². The number of rotatable bonds is 0. The summed E-state index contributed by atoms with van der Waals surface area (Å²) in [4.78, 5) is 2.91. The quantitative estimate of drug-likeness (QED) is 0.694. The molecular formula is C7H7IN2O. The molecule has 0 aromatic carbocycles. The standard InChI is InChI=1S/C7H7IN2O/c1-4-2-5-6(11)3-9-7(5)10-8-4/h2-3,11H,1H3,(H,9,10). The molecule has 58 valence electrons. The first kappa shape index (κ1) is 7.02. The van der Waals surface area contributed by atoms with Crippen molar-refractivity contribution in [2.45, 2.75) is 6.92 Å². The van der Waals surface area contributed by atoms with E-state index in [-0.39, 0.29) is 21.0 Å². The summed E-state index contributed by atoms with van der Waals surface area (Å²) in [5.41, 5.74) is 0.841. The minimum atomic E-state index is -0.180. The van der Waals surface area contributed by atoms with Gasteiger partial charge in [-0.1, -0.05) is 0 Å². The summed E-state index contributed by atoms with van der Waals surface area (Å²) >= 11 is -0.180. The van der Waals surface area contributed by atoms with Gasteiger partial charge in [-0.2, -0.15) is 0 Å². The molecule has 1 aliphatic rings. The van der Waals surface area contributed by atoms with Crippen LogP contribution in [0.15, 0.2) is 12.9 Å². The number of H-pyrrole nitrogens is 1. The maximum absolute atomic E-state index is 9.29. The Hall–Kier alpha value is -0.650. The lowest BCUT2D eigenvalue weighted by atomic mass is 10.3. The van der Waals surface area contributed by atoms with Crippen LogP contribution in [0.5, 0.6) is 5.75 Å². The molecule has 0 fully saturated rings. The Labute approximate surface area is 74.3 Å². The van der Waals surface area contributed by atoms with Crippen LogP contribution in [0, 0.1) is 0 Å². The average molecular weight is 262 g/mol. The van der Waals surface area contributed by atoms with Gasteiger partial charge in [0.25, 0.3) is 0 Å². The second-order valence-corrected chi connectivity index (χ2v) is 5.00. The molecule has 0 saturated carbocycles. The largest absolute Gasteiger partial charge is 0.506 e. The summed E-state index contributed by atoms with van der Waals surface area (Å²) in [5, 5.41) is 9.29. The number of aromatic nitrogens is 1. The molecular weight excluding hydrogens is 255 g/mol. The molecule has 0 atom stereocenters. The highest BCUT2D eigenvalue weighted by Crippen LogP contribution is 2.38. The summed E-state index contributed by atoms with van der Waals surface area (Å²) in [6, 6.07) is 0. The lowest BCUT2D eigenvalue weighted by Gasteiger charge is -1.99. The van der Waals surface area contributed by atoms with Crippen molar-refractivity contribution in [2.75, 3.05) is 0 Å². The molecule has 4 heteroatoms. The second-order valence-electron chi connectivity index (χ2n) is 2.34. The maximum atomic E-state index is 9.29. The Morgan fingerprint density at radius 1 is 1.64 bits per heavy atom. The summed E-state index contributed by atoms with van der Waals surface area (Å²) < 4.78 is 5.60. The molecule has 0 radical (unpaired) electrons. The molecule has 0 saturated heterocycles. The highest BCUT2D eigenvalue weighted by Gasteiger charge is 2.10. The fraction of sp³-hybridized carbons (Fsp3) is 0.143. The number of nitrogens with zero attached hydrogens (tertiary/aromatic N) is 1. The van der Waals surface area contributed by atoms with Gasteiger partial charge < -0.3 is 10.1 Å². The van der Waals surface area contributed by atoms with Crippen molar-refractivity contribution in [1.29, 1.82) is 0 Å². The van der Waals surface area contributed by atoms with Crippen LogP contribution >= 0.6 is 21.0 Å². The first-order valence-electron chi connectivity index (χ1n) is 3.21. The van der Waals surface area contributed by atoms with Gasteiger partial charge >= 0.3 is 0 Å². The van der Waals surface area contributed by atoms with Gasteiger partial charge in [0.05, 0.1) is 5.56 Å². The molecule has 0 unspecified atom stereocenters. The predicted molar refractivity (Wildman–Crippen MR) is 52.2 cm³/mol. The van der Waals surface area contributed by atoms with E-state index >= 15 is 0 Å². The van der Waals surface area contributed by atoms with E-state index < -0.39 is 0 Å². The fourth-order valence-corrected chi connectivity index (χ4v) is 2.43. The molecule has 2 heterocycles. The number of nitrogens with one attached hydrogen (secondary N) is 1. The molecule has 1 aromatic rings. The van der Waals surface area contributed by atoms with Crippen molar-refractivity contribution in [2.24, 2.45) is 3.15 Å². The van der Waals surface area contributed by atoms with E-state index in [1.54, 1.807) is 6.20 Å². The van der Waals surface area contributed by atoms with Crippen LogP contribution in [0.3, 0.4) is 0 Å². The molecule has 1 aromatic heterocycles. The smallest absolute Gasteiger partial charge is 0.147 e. The number of aromatic hydroxyl groups is 1. The van der Waals surface area contributed by atoms with Gasteiger partial charge in [-0.15, -0.1) is 0 Å². The Kier molecular flexibility index (Phi) is 1.56. The third kappa shape index (κ3) is 1.11. The van der Waals surface area contributed by atoms with Crippen LogP contribution in [0.2, 0.25) is 0 Å². The lowest BCUT2D eigenvalue weighted by Crippen LogP contribution is -1.72. The van der Waals surface area contributed by atoms with Gasteiger partial charge in [0.15, 0.2) is 0 Å². The van der Waals surface area contributed by atoms with E-state index in [1.165, 1.54) is 3.58 Å². The van der Waals surface area contributed by atoms with Crippen LogP contribution in [0.25, 0.3) is 6.08 Å². The van der Waals surface area contributed by atoms with Gasteiger partial charge in [0, 0.05) is 30.8 Å². The highest BCUT2D eigenvalue weighted by molar-refractivity contribution is 14.2. The van der Waals surface area contributed by atoms with Crippen molar-refractivity contribution in [3.8, 4) is 5.75 Å². The number of aromatic amines is 1. The molecule has 2 N–H and O–H groups in total. The van der Waals surface area contributed by atoms with E-state index in [4.69, 9.17) is 0 Å². The topological polar surface area (TPSA) is 48.4 Å². The van der Waals surface area contributed by atoms with Gasteiger partial charge in [-0.3, -0.25) is 0 Å². The third-order valence-corrected chi connectivity index (χ3v) is 3.28. The summed E-state index contributed by atoms with van der Waals surface area (Å²) in [5.74, 6) is 1.13. The number of hydrogen-bond donors (Lipinski definition) is 2. The minimum Gasteiger partial charge on any atom is -0.506 e. The second kappa shape index (κ2) is 2.44. The number of hydrogen-bond acceptors (Lipinski definition) is 2. The van der Waals surface area contributed by atoms with E-state index in [0.29, 0.717) is 5.75 Å². The van der Waals surface area contributed by atoms with Crippen LogP contribution in [-0.4, -0.2) is 10.1 Å². The molecule has 11 heavy (non-hydrogen) atoms. The Morgan fingerprint density at radius 3 is 3.27 bits per heavy atom. The molecule has 0 aliphatic carbocycles. The van der Waals surface area contributed by atoms with E-state index in [9.17, 15) is 5.11 Å². The Morgan fingerprint density at radius 2 is 2.45 bits per heavy atom. The van der Waals surface area contributed by atoms with Crippen LogP contribution in [0.4, 0.5) is 5.82 Å². The van der Waals surface area contributed by atoms with Gasteiger partial charge in [0.1, 0.15) is 11.6 Å². The summed E-state index contributed by atoms with van der Waals surface area (Å²) in [7, 11) is 0. The predicted octanol–water partition coefficient (Wildman–Crippen LogP) is 2.88. The lowest BCUT2D eigenvalue weighted by molar-refractivity contribution is 0.475. The molecule has 0 spiro atoms. The van der Waals surface area contributed by atoms with Crippen molar-refractivity contribution in [3.05, 3.63) is 15.3 Å². The number of halogens is 1. The summed E-state index contributed by atoms with van der Waals surface area (Å²) in [6.07, 6.45) is 3.58. The van der Waals surface area contributed by atoms with Gasteiger partial charge in [0.2, 0.25) is 0 Å². The zero-order valence-electron chi connectivity index (χ0n) is 5.93. The molecule has 0 bridgehead atoms. The number of fused-ring (bicyclic) bond motifs is 1. The van der Waals surface area contributed by atoms with Crippen molar-refractivity contribution >= 4 is 32.9 Å². The monoisotopic (exact) mass is 262 g/mol. The molecule has 3 nitrogen and oxygen atoms in total. The Balaban J connectivity index is 2.65. The molecule has 0 amide bonds.